The van der Waals surface area contributed by atoms with Gasteiger partial charge >= 0.3 is 0 Å². The molecule has 1 amide bonds. The molecule has 24 heavy (non-hydrogen) atoms. The van der Waals surface area contributed by atoms with Crippen LogP contribution in [-0.2, 0) is 4.79 Å². The third-order valence-corrected chi connectivity index (χ3v) is 4.43. The molecule has 0 saturated carbocycles. The highest BCUT2D eigenvalue weighted by Gasteiger charge is 2.36. The molecule has 5 nitrogen and oxygen atoms in total. The number of amides is 1. The number of carbonyl (C=O) groups is 1. The highest BCUT2D eigenvalue weighted by atomic mass is 32.1. The third-order valence-electron chi connectivity index (χ3n) is 3.98. The first-order chi connectivity index (χ1) is 11.6. The number of anilines is 1. The van der Waals surface area contributed by atoms with E-state index >= 15 is 0 Å². The Morgan fingerprint density at radius 3 is 2.62 bits per heavy atom. The van der Waals surface area contributed by atoms with E-state index in [0.717, 1.165) is 11.3 Å². The van der Waals surface area contributed by atoms with E-state index in [2.05, 4.69) is 0 Å². The van der Waals surface area contributed by atoms with Crippen LogP contribution in [0.4, 0.5) is 5.69 Å². The predicted octanol–water partition coefficient (Wildman–Crippen LogP) is 3.02. The number of likely N-dealkylation sites (N-methyl/N-ethyl adjacent to an activating group) is 1. The fraction of sp³-hybridized carbons (Fsp3) is 0.111. The summed E-state index contributed by atoms with van der Waals surface area (Å²) in [6, 6.07) is 15.0. The smallest absolute Gasteiger partial charge is 0.281 e. The number of fused-ring (bicyclic) bond motifs is 1. The number of hydrogen-bond donors (Lipinski definition) is 0. The molecule has 2 aromatic carbocycles. The second-order valence-corrected chi connectivity index (χ2v) is 5.83. The lowest BCUT2D eigenvalue weighted by Gasteiger charge is -2.16. The Labute approximate surface area is 144 Å². The van der Waals surface area contributed by atoms with Gasteiger partial charge in [-0.25, -0.2) is 0 Å². The molecule has 4 rings (SSSR count). The summed E-state index contributed by atoms with van der Waals surface area (Å²) in [4.78, 5) is 16.1. The Hall–Kier alpha value is -2.86. The van der Waals surface area contributed by atoms with Gasteiger partial charge in [0.15, 0.2) is 16.6 Å². The number of hydrogen-bond acceptors (Lipinski definition) is 4. The van der Waals surface area contributed by atoms with Crippen LogP contribution in [0.3, 0.4) is 0 Å². The Balaban J connectivity index is 1.71. The van der Waals surface area contributed by atoms with Crippen molar-refractivity contribution in [1.29, 1.82) is 0 Å². The number of thiocarbonyl (C=S) groups is 1. The highest BCUT2D eigenvalue weighted by molar-refractivity contribution is 7.80. The van der Waals surface area contributed by atoms with E-state index in [0.29, 0.717) is 22.3 Å². The van der Waals surface area contributed by atoms with Crippen LogP contribution in [0.2, 0.25) is 0 Å². The van der Waals surface area contributed by atoms with Crippen LogP contribution in [0.1, 0.15) is 5.56 Å². The van der Waals surface area contributed by atoms with Crippen molar-refractivity contribution >= 4 is 35.0 Å². The van der Waals surface area contributed by atoms with Crippen LogP contribution in [0.25, 0.3) is 6.08 Å². The normalized spacial score (nSPS) is 18.0. The average molecular weight is 338 g/mol. The van der Waals surface area contributed by atoms with E-state index in [1.807, 2.05) is 48.5 Å². The number of nitrogens with zero attached hydrogens (tertiary/aromatic N) is 2. The van der Waals surface area contributed by atoms with Gasteiger partial charge in [0.2, 0.25) is 6.79 Å². The SMILES string of the molecule is CN1C(=S)N(c2ccccc2)C(=O)/C1=C/c1ccc2c(c1)OCO2. The zero-order valence-electron chi connectivity index (χ0n) is 12.9. The number of ether oxygens (including phenoxy) is 2. The number of carbonyl (C=O) groups excluding carboxylic acids is 1. The summed E-state index contributed by atoms with van der Waals surface area (Å²) in [5.41, 5.74) is 2.13. The molecule has 2 aliphatic rings. The van der Waals surface area contributed by atoms with Gasteiger partial charge in [0.1, 0.15) is 5.70 Å². The maximum atomic E-state index is 12.8. The molecule has 0 bridgehead atoms. The first kappa shape index (κ1) is 14.7. The average Bonchev–Trinajstić information content (AvgIpc) is 3.14. The molecule has 0 radical (unpaired) electrons. The summed E-state index contributed by atoms with van der Waals surface area (Å²) >= 11 is 5.44. The largest absolute Gasteiger partial charge is 0.454 e. The Bertz CT molecular complexity index is 864. The number of rotatable bonds is 2. The molecule has 1 fully saturated rings. The second-order valence-electron chi connectivity index (χ2n) is 5.46. The molecule has 0 aromatic heterocycles. The Morgan fingerprint density at radius 2 is 1.83 bits per heavy atom. The molecule has 2 aliphatic heterocycles. The van der Waals surface area contributed by atoms with Gasteiger partial charge in [0.25, 0.3) is 5.91 Å². The van der Waals surface area contributed by atoms with E-state index in [1.54, 1.807) is 18.0 Å². The van der Waals surface area contributed by atoms with Gasteiger partial charge in [0, 0.05) is 7.05 Å². The lowest BCUT2D eigenvalue weighted by atomic mass is 10.1. The van der Waals surface area contributed by atoms with Crippen molar-refractivity contribution in [2.75, 3.05) is 18.7 Å². The van der Waals surface area contributed by atoms with E-state index in [4.69, 9.17) is 21.7 Å². The first-order valence-electron chi connectivity index (χ1n) is 7.44. The van der Waals surface area contributed by atoms with Crippen molar-refractivity contribution in [3.8, 4) is 11.5 Å². The number of para-hydroxylation sites is 1. The lowest BCUT2D eigenvalue weighted by molar-refractivity contribution is -0.114. The maximum Gasteiger partial charge on any atom is 0.281 e. The third kappa shape index (κ3) is 2.32. The Kier molecular flexibility index (Phi) is 3.46. The molecular formula is C18H14N2O3S. The molecule has 2 heterocycles. The van der Waals surface area contributed by atoms with E-state index in [-0.39, 0.29) is 12.7 Å². The standard InChI is InChI=1S/C18H14N2O3S/c1-19-14(9-12-7-8-15-16(10-12)23-11-22-15)17(21)20(18(19)24)13-5-3-2-4-6-13/h2-10H,11H2,1H3/b14-9-. The summed E-state index contributed by atoms with van der Waals surface area (Å²) in [5, 5.41) is 0.457. The fourth-order valence-electron chi connectivity index (χ4n) is 2.72. The van der Waals surface area contributed by atoms with Gasteiger partial charge in [-0.1, -0.05) is 24.3 Å². The minimum Gasteiger partial charge on any atom is -0.454 e. The summed E-state index contributed by atoms with van der Waals surface area (Å²) < 4.78 is 10.7. The van der Waals surface area contributed by atoms with Crippen LogP contribution in [-0.4, -0.2) is 29.8 Å². The minimum atomic E-state index is -0.147. The van der Waals surface area contributed by atoms with Gasteiger partial charge in [-0.3, -0.25) is 9.69 Å². The number of benzene rings is 2. The van der Waals surface area contributed by atoms with Crippen molar-refractivity contribution in [1.82, 2.24) is 4.90 Å². The van der Waals surface area contributed by atoms with Crippen molar-refractivity contribution in [2.45, 2.75) is 0 Å². The van der Waals surface area contributed by atoms with Crippen molar-refractivity contribution < 1.29 is 14.3 Å². The van der Waals surface area contributed by atoms with Crippen molar-refractivity contribution in [3.63, 3.8) is 0 Å². The van der Waals surface area contributed by atoms with Crippen LogP contribution >= 0.6 is 12.2 Å². The summed E-state index contributed by atoms with van der Waals surface area (Å²) in [6.45, 7) is 0.222. The van der Waals surface area contributed by atoms with Crippen LogP contribution < -0.4 is 14.4 Å². The fourth-order valence-corrected chi connectivity index (χ4v) is 3.01. The molecular weight excluding hydrogens is 324 g/mol. The Morgan fingerprint density at radius 1 is 1.08 bits per heavy atom. The van der Waals surface area contributed by atoms with E-state index < -0.39 is 0 Å². The van der Waals surface area contributed by atoms with E-state index in [1.165, 1.54) is 4.90 Å². The molecule has 0 atom stereocenters. The van der Waals surface area contributed by atoms with Gasteiger partial charge in [-0.05, 0) is 48.1 Å². The topological polar surface area (TPSA) is 42.0 Å². The summed E-state index contributed by atoms with van der Waals surface area (Å²) in [7, 11) is 1.79. The van der Waals surface area contributed by atoms with Gasteiger partial charge in [0.05, 0.1) is 5.69 Å². The van der Waals surface area contributed by atoms with Crippen LogP contribution in [0.5, 0.6) is 11.5 Å². The monoisotopic (exact) mass is 338 g/mol. The predicted molar refractivity (Wildman–Crippen MR) is 94.8 cm³/mol. The van der Waals surface area contributed by atoms with Crippen molar-refractivity contribution in [3.05, 3.63) is 59.8 Å². The molecule has 0 spiro atoms. The van der Waals surface area contributed by atoms with Gasteiger partial charge in [-0.2, -0.15) is 0 Å². The van der Waals surface area contributed by atoms with Crippen LogP contribution in [0, 0.1) is 0 Å². The molecule has 120 valence electrons. The molecule has 1 saturated heterocycles. The highest BCUT2D eigenvalue weighted by Crippen LogP contribution is 2.34. The first-order valence-corrected chi connectivity index (χ1v) is 7.84. The zero-order chi connectivity index (χ0) is 16.7. The quantitative estimate of drug-likeness (QED) is 0.622. The molecule has 2 aromatic rings. The zero-order valence-corrected chi connectivity index (χ0v) is 13.7. The second kappa shape index (κ2) is 5.65. The summed E-state index contributed by atoms with van der Waals surface area (Å²) in [5.74, 6) is 1.25. The summed E-state index contributed by atoms with van der Waals surface area (Å²) in [6.07, 6.45) is 1.81. The lowest BCUT2D eigenvalue weighted by Crippen LogP contribution is -2.30. The van der Waals surface area contributed by atoms with Gasteiger partial charge in [-0.15, -0.1) is 0 Å². The van der Waals surface area contributed by atoms with Crippen LogP contribution in [0.15, 0.2) is 54.2 Å². The maximum absolute atomic E-state index is 12.8. The molecule has 0 aliphatic carbocycles. The van der Waals surface area contributed by atoms with E-state index in [9.17, 15) is 4.79 Å². The molecule has 6 heteroatoms. The molecule has 0 unspecified atom stereocenters. The van der Waals surface area contributed by atoms with Crippen molar-refractivity contribution in [2.24, 2.45) is 0 Å². The minimum absolute atomic E-state index is 0.147. The molecule has 0 N–H and O–H groups in total. The van der Waals surface area contributed by atoms with Gasteiger partial charge < -0.3 is 14.4 Å².